The lowest BCUT2D eigenvalue weighted by Crippen LogP contribution is -2.43. The van der Waals surface area contributed by atoms with Crippen LogP contribution >= 0.6 is 0 Å². The van der Waals surface area contributed by atoms with Gasteiger partial charge in [-0.25, -0.2) is 4.79 Å². The molecule has 0 aromatic carbocycles. The first-order valence-corrected chi connectivity index (χ1v) is 6.48. The molecule has 0 rings (SSSR count). The summed E-state index contributed by atoms with van der Waals surface area (Å²) in [5.74, 6) is -1.05. The van der Waals surface area contributed by atoms with E-state index in [4.69, 9.17) is 9.47 Å². The largest absolute Gasteiger partial charge is 0.466 e. The molecule has 6 heteroatoms. The first-order valence-electron chi connectivity index (χ1n) is 6.48. The van der Waals surface area contributed by atoms with Crippen LogP contribution in [0.4, 0.5) is 4.79 Å². The van der Waals surface area contributed by atoms with Gasteiger partial charge in [0.2, 0.25) is 0 Å². The summed E-state index contributed by atoms with van der Waals surface area (Å²) in [6.45, 7) is 10.5. The standard InChI is InChI=1S/C14H23NO5/c1-6-8-10(11(16)9-12(17)19-7-2)15-13(18)20-14(3,4)5/h6,10H,1,7-9H2,2-5H3,(H,15,18). The minimum atomic E-state index is -0.841. The number of rotatable bonds is 7. The molecule has 0 radical (unpaired) electrons. The Bertz CT molecular complexity index is 370. The number of esters is 1. The molecule has 0 saturated heterocycles. The summed E-state index contributed by atoms with van der Waals surface area (Å²) in [5, 5.41) is 2.43. The maximum atomic E-state index is 11.9. The Hall–Kier alpha value is -1.85. The number of carbonyl (C=O) groups is 3. The van der Waals surface area contributed by atoms with Crippen molar-refractivity contribution in [2.24, 2.45) is 0 Å². The SMILES string of the molecule is C=CCC(NC(=O)OC(C)(C)C)C(=O)CC(=O)OCC. The summed E-state index contributed by atoms with van der Waals surface area (Å²) in [7, 11) is 0. The van der Waals surface area contributed by atoms with E-state index in [9.17, 15) is 14.4 Å². The molecular weight excluding hydrogens is 262 g/mol. The fourth-order valence-corrected chi connectivity index (χ4v) is 1.36. The van der Waals surface area contributed by atoms with Gasteiger partial charge in [0, 0.05) is 0 Å². The van der Waals surface area contributed by atoms with Crippen LogP contribution in [0, 0.1) is 0 Å². The molecule has 0 bridgehead atoms. The van der Waals surface area contributed by atoms with Gasteiger partial charge in [-0.2, -0.15) is 0 Å². The summed E-state index contributed by atoms with van der Waals surface area (Å²) >= 11 is 0. The van der Waals surface area contributed by atoms with Crippen molar-refractivity contribution in [2.45, 2.75) is 52.2 Å². The minimum absolute atomic E-state index is 0.206. The van der Waals surface area contributed by atoms with Crippen molar-refractivity contribution in [1.29, 1.82) is 0 Å². The summed E-state index contributed by atoms with van der Waals surface area (Å²) in [5.41, 5.74) is -0.660. The summed E-state index contributed by atoms with van der Waals surface area (Å²) in [6.07, 6.45) is 0.617. The van der Waals surface area contributed by atoms with Gasteiger partial charge >= 0.3 is 12.1 Å². The first kappa shape index (κ1) is 18.1. The predicted molar refractivity (Wildman–Crippen MR) is 74.2 cm³/mol. The van der Waals surface area contributed by atoms with E-state index in [1.807, 2.05) is 0 Å². The molecule has 1 atom stereocenters. The summed E-state index contributed by atoms with van der Waals surface area (Å²) in [6, 6.07) is -0.841. The maximum Gasteiger partial charge on any atom is 0.408 e. The van der Waals surface area contributed by atoms with E-state index in [0.29, 0.717) is 0 Å². The molecule has 1 unspecified atom stereocenters. The van der Waals surface area contributed by atoms with Crippen LogP contribution in [0.2, 0.25) is 0 Å². The second-order valence-corrected chi connectivity index (χ2v) is 5.17. The lowest BCUT2D eigenvalue weighted by Gasteiger charge is -2.22. The number of hydrogen-bond donors (Lipinski definition) is 1. The monoisotopic (exact) mass is 285 g/mol. The van der Waals surface area contributed by atoms with Crippen molar-refractivity contribution in [3.63, 3.8) is 0 Å². The highest BCUT2D eigenvalue weighted by Gasteiger charge is 2.25. The molecule has 0 aliphatic carbocycles. The van der Waals surface area contributed by atoms with E-state index in [-0.39, 0.29) is 19.4 Å². The molecule has 0 aliphatic rings. The average Bonchev–Trinajstić information content (AvgIpc) is 2.25. The Balaban J connectivity index is 4.55. The molecule has 0 fully saturated rings. The van der Waals surface area contributed by atoms with Crippen LogP contribution in [0.1, 0.15) is 40.5 Å². The highest BCUT2D eigenvalue weighted by atomic mass is 16.6. The maximum absolute atomic E-state index is 11.9. The number of amides is 1. The quantitative estimate of drug-likeness (QED) is 0.439. The molecule has 0 aromatic rings. The van der Waals surface area contributed by atoms with Gasteiger partial charge in [-0.15, -0.1) is 6.58 Å². The lowest BCUT2D eigenvalue weighted by molar-refractivity contribution is -0.146. The summed E-state index contributed by atoms with van der Waals surface area (Å²) in [4.78, 5) is 34.8. The van der Waals surface area contributed by atoms with Gasteiger partial charge in [0.1, 0.15) is 12.0 Å². The first-order chi connectivity index (χ1) is 9.19. The van der Waals surface area contributed by atoms with Crippen molar-refractivity contribution in [1.82, 2.24) is 5.32 Å². The van der Waals surface area contributed by atoms with Gasteiger partial charge in [-0.05, 0) is 34.1 Å². The Morgan fingerprint density at radius 2 is 1.90 bits per heavy atom. The fraction of sp³-hybridized carbons (Fsp3) is 0.643. The Kier molecular flexibility index (Phi) is 7.57. The molecule has 6 nitrogen and oxygen atoms in total. The van der Waals surface area contributed by atoms with Crippen molar-refractivity contribution < 1.29 is 23.9 Å². The molecule has 0 aliphatic heterocycles. The van der Waals surface area contributed by atoms with E-state index in [1.54, 1.807) is 27.7 Å². The zero-order valence-electron chi connectivity index (χ0n) is 12.5. The van der Waals surface area contributed by atoms with Crippen LogP contribution in [0.25, 0.3) is 0 Å². The minimum Gasteiger partial charge on any atom is -0.466 e. The van der Waals surface area contributed by atoms with E-state index in [2.05, 4.69) is 11.9 Å². The van der Waals surface area contributed by atoms with E-state index < -0.39 is 29.5 Å². The predicted octanol–water partition coefficient (Wildman–Crippen LogP) is 1.98. The number of ether oxygens (including phenoxy) is 2. The van der Waals surface area contributed by atoms with Gasteiger partial charge in [0.25, 0.3) is 0 Å². The number of nitrogens with one attached hydrogen (secondary N) is 1. The van der Waals surface area contributed by atoms with Crippen molar-refractivity contribution >= 4 is 17.8 Å². The van der Waals surface area contributed by atoms with Gasteiger partial charge < -0.3 is 14.8 Å². The van der Waals surface area contributed by atoms with Crippen LogP contribution in [0.15, 0.2) is 12.7 Å². The topological polar surface area (TPSA) is 81.7 Å². The molecule has 20 heavy (non-hydrogen) atoms. The Labute approximate surface area is 119 Å². The van der Waals surface area contributed by atoms with Gasteiger partial charge in [-0.3, -0.25) is 9.59 Å². The van der Waals surface area contributed by atoms with Gasteiger partial charge in [-0.1, -0.05) is 6.08 Å². The number of carbonyl (C=O) groups excluding carboxylic acids is 3. The van der Waals surface area contributed by atoms with Gasteiger partial charge in [0.05, 0.1) is 12.6 Å². The third-order valence-corrected chi connectivity index (χ3v) is 2.11. The molecule has 114 valence electrons. The smallest absolute Gasteiger partial charge is 0.408 e. The highest BCUT2D eigenvalue weighted by Crippen LogP contribution is 2.08. The second-order valence-electron chi connectivity index (χ2n) is 5.17. The number of ketones is 1. The third kappa shape index (κ3) is 8.29. The second kappa shape index (κ2) is 8.35. The Morgan fingerprint density at radius 3 is 2.35 bits per heavy atom. The van der Waals surface area contributed by atoms with Gasteiger partial charge in [0.15, 0.2) is 5.78 Å². The Morgan fingerprint density at radius 1 is 1.30 bits per heavy atom. The molecule has 0 aromatic heterocycles. The molecule has 1 amide bonds. The van der Waals surface area contributed by atoms with Crippen LogP contribution in [-0.2, 0) is 19.1 Å². The zero-order valence-corrected chi connectivity index (χ0v) is 12.5. The molecule has 0 saturated carbocycles. The number of alkyl carbamates (subject to hydrolysis) is 1. The fourth-order valence-electron chi connectivity index (χ4n) is 1.36. The number of Topliss-reactive ketones (excluding diaryl/α,β-unsaturated/α-hetero) is 1. The molecule has 1 N–H and O–H groups in total. The van der Waals surface area contributed by atoms with Crippen LogP contribution in [-0.4, -0.2) is 36.1 Å². The summed E-state index contributed by atoms with van der Waals surface area (Å²) < 4.78 is 9.76. The molecule has 0 spiro atoms. The van der Waals surface area contributed by atoms with Crippen LogP contribution in [0.5, 0.6) is 0 Å². The molecule has 0 heterocycles. The van der Waals surface area contributed by atoms with Crippen LogP contribution in [0.3, 0.4) is 0 Å². The zero-order chi connectivity index (χ0) is 15.8. The third-order valence-electron chi connectivity index (χ3n) is 2.11. The van der Waals surface area contributed by atoms with Crippen molar-refractivity contribution in [2.75, 3.05) is 6.61 Å². The lowest BCUT2D eigenvalue weighted by atomic mass is 10.1. The van der Waals surface area contributed by atoms with E-state index in [1.165, 1.54) is 6.08 Å². The van der Waals surface area contributed by atoms with Crippen molar-refractivity contribution in [3.05, 3.63) is 12.7 Å². The highest BCUT2D eigenvalue weighted by molar-refractivity contribution is 5.99. The average molecular weight is 285 g/mol. The van der Waals surface area contributed by atoms with Crippen molar-refractivity contribution in [3.8, 4) is 0 Å². The number of hydrogen-bond acceptors (Lipinski definition) is 5. The van der Waals surface area contributed by atoms with E-state index in [0.717, 1.165) is 0 Å². The normalized spacial score (nSPS) is 12.2. The van der Waals surface area contributed by atoms with Crippen LogP contribution < -0.4 is 5.32 Å². The van der Waals surface area contributed by atoms with E-state index >= 15 is 0 Å². The molecular formula is C14H23NO5.